The molecule has 2 amide bonds. The first-order valence-corrected chi connectivity index (χ1v) is 7.33. The second-order valence-electron chi connectivity index (χ2n) is 4.93. The number of nitrogens with one attached hydrogen (secondary N) is 2. The Labute approximate surface area is 118 Å². The van der Waals surface area contributed by atoms with Crippen molar-refractivity contribution in [2.45, 2.75) is 46.7 Å². The zero-order valence-electron chi connectivity index (χ0n) is 12.0. The van der Waals surface area contributed by atoms with Gasteiger partial charge < -0.3 is 15.7 Å². The smallest absolute Gasteiger partial charge is 0.315 e. The number of aryl methyl sites for hydroxylation is 2. The molecule has 0 radical (unpaired) electrons. The SMILES string of the molecule is Cc1nc(CNC(=O)NC(CCO)C(C)C)c(C)s1. The quantitative estimate of drug-likeness (QED) is 0.748. The van der Waals surface area contributed by atoms with Crippen molar-refractivity contribution in [2.75, 3.05) is 6.61 Å². The third kappa shape index (κ3) is 5.16. The summed E-state index contributed by atoms with van der Waals surface area (Å²) >= 11 is 1.63. The summed E-state index contributed by atoms with van der Waals surface area (Å²) in [4.78, 5) is 17.3. The molecule has 0 spiro atoms. The third-order valence-electron chi connectivity index (χ3n) is 2.98. The number of nitrogens with zero attached hydrogens (tertiary/aromatic N) is 1. The molecule has 0 saturated carbocycles. The molecular formula is C13H23N3O2S. The van der Waals surface area contributed by atoms with E-state index < -0.39 is 0 Å². The Morgan fingerprint density at radius 1 is 1.42 bits per heavy atom. The van der Waals surface area contributed by atoms with E-state index in [0.29, 0.717) is 18.9 Å². The van der Waals surface area contributed by atoms with Crippen molar-refractivity contribution in [3.63, 3.8) is 0 Å². The van der Waals surface area contributed by atoms with Gasteiger partial charge in [0.25, 0.3) is 0 Å². The van der Waals surface area contributed by atoms with Crippen LogP contribution in [0.5, 0.6) is 0 Å². The highest BCUT2D eigenvalue weighted by molar-refractivity contribution is 7.11. The number of carbonyl (C=O) groups excluding carboxylic acids is 1. The first kappa shape index (κ1) is 15.9. The van der Waals surface area contributed by atoms with Crippen molar-refractivity contribution in [1.29, 1.82) is 0 Å². The van der Waals surface area contributed by atoms with Crippen molar-refractivity contribution in [3.8, 4) is 0 Å². The van der Waals surface area contributed by atoms with Crippen LogP contribution in [-0.4, -0.2) is 28.8 Å². The number of carbonyl (C=O) groups is 1. The molecule has 1 heterocycles. The number of urea groups is 1. The Morgan fingerprint density at radius 2 is 2.11 bits per heavy atom. The van der Waals surface area contributed by atoms with Gasteiger partial charge in [-0.1, -0.05) is 13.8 Å². The lowest BCUT2D eigenvalue weighted by Crippen LogP contribution is -2.44. The number of hydrogen-bond donors (Lipinski definition) is 3. The lowest BCUT2D eigenvalue weighted by Gasteiger charge is -2.21. The number of aliphatic hydroxyl groups excluding tert-OH is 1. The van der Waals surface area contributed by atoms with E-state index in [1.807, 2.05) is 27.7 Å². The normalized spacial score (nSPS) is 12.5. The Kier molecular flexibility index (Phi) is 6.24. The molecule has 0 bridgehead atoms. The van der Waals surface area contributed by atoms with Gasteiger partial charge in [0.15, 0.2) is 0 Å². The maximum atomic E-state index is 11.8. The van der Waals surface area contributed by atoms with Crippen LogP contribution in [0, 0.1) is 19.8 Å². The monoisotopic (exact) mass is 285 g/mol. The van der Waals surface area contributed by atoms with Gasteiger partial charge in [-0.25, -0.2) is 9.78 Å². The molecule has 1 atom stereocenters. The van der Waals surface area contributed by atoms with Crippen molar-refractivity contribution in [1.82, 2.24) is 15.6 Å². The predicted molar refractivity (Wildman–Crippen MR) is 77.3 cm³/mol. The van der Waals surface area contributed by atoms with Gasteiger partial charge in [0, 0.05) is 17.5 Å². The van der Waals surface area contributed by atoms with Crippen LogP contribution in [-0.2, 0) is 6.54 Å². The number of rotatable bonds is 6. The Bertz CT molecular complexity index is 418. The Morgan fingerprint density at radius 3 is 2.58 bits per heavy atom. The molecule has 0 aliphatic rings. The topological polar surface area (TPSA) is 74.2 Å². The van der Waals surface area contributed by atoms with Crippen LogP contribution in [0.1, 0.15) is 35.8 Å². The third-order valence-corrected chi connectivity index (χ3v) is 3.91. The van der Waals surface area contributed by atoms with Crippen LogP contribution in [0.2, 0.25) is 0 Å². The molecule has 0 aromatic carbocycles. The van der Waals surface area contributed by atoms with Crippen LogP contribution >= 0.6 is 11.3 Å². The van der Waals surface area contributed by atoms with Crippen molar-refractivity contribution in [3.05, 3.63) is 15.6 Å². The maximum absolute atomic E-state index is 11.8. The van der Waals surface area contributed by atoms with Crippen molar-refractivity contribution in [2.24, 2.45) is 5.92 Å². The van der Waals surface area contributed by atoms with Gasteiger partial charge >= 0.3 is 6.03 Å². The average Bonchev–Trinajstić information content (AvgIpc) is 2.64. The highest BCUT2D eigenvalue weighted by Crippen LogP contribution is 2.15. The van der Waals surface area contributed by atoms with E-state index in [0.717, 1.165) is 15.6 Å². The summed E-state index contributed by atoms with van der Waals surface area (Å²) < 4.78 is 0. The molecule has 0 fully saturated rings. The molecule has 1 aromatic heterocycles. The number of amides is 2. The van der Waals surface area contributed by atoms with Gasteiger partial charge in [-0.2, -0.15) is 0 Å². The lowest BCUT2D eigenvalue weighted by atomic mass is 10.0. The van der Waals surface area contributed by atoms with Gasteiger partial charge in [-0.3, -0.25) is 0 Å². The van der Waals surface area contributed by atoms with Crippen LogP contribution in [0.15, 0.2) is 0 Å². The summed E-state index contributed by atoms with van der Waals surface area (Å²) in [6.07, 6.45) is 0.569. The number of aromatic nitrogens is 1. The second-order valence-corrected chi connectivity index (χ2v) is 6.33. The van der Waals surface area contributed by atoms with Gasteiger partial charge in [0.1, 0.15) is 0 Å². The average molecular weight is 285 g/mol. The Hall–Kier alpha value is -1.14. The van der Waals surface area contributed by atoms with Gasteiger partial charge in [0.05, 0.1) is 17.2 Å². The minimum Gasteiger partial charge on any atom is -0.396 e. The molecule has 0 saturated heterocycles. The molecule has 0 aliphatic carbocycles. The molecule has 108 valence electrons. The predicted octanol–water partition coefficient (Wildman–Crippen LogP) is 1.97. The fraction of sp³-hybridized carbons (Fsp3) is 0.692. The zero-order valence-corrected chi connectivity index (χ0v) is 12.8. The molecule has 6 heteroatoms. The van der Waals surface area contributed by atoms with Crippen LogP contribution in [0.3, 0.4) is 0 Å². The maximum Gasteiger partial charge on any atom is 0.315 e. The van der Waals surface area contributed by atoms with Crippen molar-refractivity contribution < 1.29 is 9.90 Å². The van der Waals surface area contributed by atoms with Gasteiger partial charge in [0.2, 0.25) is 0 Å². The van der Waals surface area contributed by atoms with Crippen LogP contribution in [0.25, 0.3) is 0 Å². The van der Waals surface area contributed by atoms with E-state index in [4.69, 9.17) is 5.11 Å². The first-order valence-electron chi connectivity index (χ1n) is 6.52. The van der Waals surface area contributed by atoms with E-state index in [-0.39, 0.29) is 18.7 Å². The molecule has 1 aromatic rings. The molecule has 19 heavy (non-hydrogen) atoms. The summed E-state index contributed by atoms with van der Waals surface area (Å²) in [5.74, 6) is 0.293. The number of thiazole rings is 1. The van der Waals surface area contributed by atoms with Crippen molar-refractivity contribution >= 4 is 17.4 Å². The molecule has 0 aliphatic heterocycles. The number of hydrogen-bond acceptors (Lipinski definition) is 4. The minimum absolute atomic E-state index is 0.0109. The van der Waals surface area contributed by atoms with Gasteiger partial charge in [-0.05, 0) is 26.2 Å². The van der Waals surface area contributed by atoms with E-state index >= 15 is 0 Å². The van der Waals surface area contributed by atoms with E-state index in [2.05, 4.69) is 15.6 Å². The second kappa shape index (κ2) is 7.45. The zero-order chi connectivity index (χ0) is 14.4. The molecular weight excluding hydrogens is 262 g/mol. The lowest BCUT2D eigenvalue weighted by molar-refractivity contribution is 0.218. The summed E-state index contributed by atoms with van der Waals surface area (Å²) in [6.45, 7) is 8.52. The van der Waals surface area contributed by atoms with Crippen LogP contribution in [0.4, 0.5) is 4.79 Å². The molecule has 1 unspecified atom stereocenters. The summed E-state index contributed by atoms with van der Waals surface area (Å²) in [5, 5.41) is 15.7. The van der Waals surface area contributed by atoms with E-state index in [1.54, 1.807) is 11.3 Å². The number of aliphatic hydroxyl groups is 1. The summed E-state index contributed by atoms with van der Waals surface area (Å²) in [5.41, 5.74) is 0.918. The first-order chi connectivity index (χ1) is 8.93. The molecule has 5 nitrogen and oxygen atoms in total. The van der Waals surface area contributed by atoms with E-state index in [1.165, 1.54) is 0 Å². The molecule has 1 rings (SSSR count). The molecule has 3 N–H and O–H groups in total. The fourth-order valence-corrected chi connectivity index (χ4v) is 2.67. The summed E-state index contributed by atoms with van der Waals surface area (Å²) in [6, 6.07) is -0.222. The van der Waals surface area contributed by atoms with E-state index in [9.17, 15) is 4.79 Å². The highest BCUT2D eigenvalue weighted by Gasteiger charge is 2.15. The largest absolute Gasteiger partial charge is 0.396 e. The van der Waals surface area contributed by atoms with Crippen LogP contribution < -0.4 is 10.6 Å². The van der Waals surface area contributed by atoms with Gasteiger partial charge in [-0.15, -0.1) is 11.3 Å². The summed E-state index contributed by atoms with van der Waals surface area (Å²) in [7, 11) is 0. The standard InChI is InChI=1S/C13H23N3O2S/c1-8(2)11(5-6-17)16-13(18)14-7-12-9(3)19-10(4)15-12/h8,11,17H,5-7H2,1-4H3,(H2,14,16,18). The fourth-order valence-electron chi connectivity index (χ4n) is 1.83. The minimum atomic E-state index is -0.211. The Balaban J connectivity index is 2.44. The highest BCUT2D eigenvalue weighted by atomic mass is 32.1.